The van der Waals surface area contributed by atoms with Gasteiger partial charge in [0.25, 0.3) is 0 Å². The Bertz CT molecular complexity index is 1180. The lowest BCUT2D eigenvalue weighted by Crippen LogP contribution is -2.28. The largest absolute Gasteiger partial charge is 0.326 e. The summed E-state index contributed by atoms with van der Waals surface area (Å²) in [5.74, 6) is -0.526. The summed E-state index contributed by atoms with van der Waals surface area (Å²) in [7, 11) is 0. The molecule has 0 bridgehead atoms. The maximum Gasteiger partial charge on any atom is 0.229 e. The SMILES string of the molecule is O=C(Nc1ccc(-c2cn3ccccc3n2)cc1)[C@H]1CC(=O)N(c2ccccc2)C1. The van der Waals surface area contributed by atoms with Crippen molar-refractivity contribution in [1.82, 2.24) is 9.38 Å². The average molecular weight is 396 g/mol. The quantitative estimate of drug-likeness (QED) is 0.567. The number of benzene rings is 2. The lowest BCUT2D eigenvalue weighted by atomic mass is 10.1. The van der Waals surface area contributed by atoms with Crippen molar-refractivity contribution in [2.45, 2.75) is 6.42 Å². The third kappa shape index (κ3) is 3.43. The fourth-order valence-electron chi connectivity index (χ4n) is 3.78. The summed E-state index contributed by atoms with van der Waals surface area (Å²) in [5, 5.41) is 2.94. The molecule has 2 aromatic heterocycles. The predicted molar refractivity (Wildman–Crippen MR) is 116 cm³/mol. The van der Waals surface area contributed by atoms with Crippen LogP contribution in [0.4, 0.5) is 11.4 Å². The number of nitrogens with one attached hydrogen (secondary N) is 1. The molecule has 30 heavy (non-hydrogen) atoms. The van der Waals surface area contributed by atoms with Crippen molar-refractivity contribution in [2.24, 2.45) is 5.92 Å². The van der Waals surface area contributed by atoms with Crippen molar-refractivity contribution >= 4 is 28.8 Å². The number of hydrogen-bond acceptors (Lipinski definition) is 3. The maximum absolute atomic E-state index is 12.7. The molecule has 0 saturated carbocycles. The number of imidazole rings is 1. The Kier molecular flexibility index (Phi) is 4.52. The summed E-state index contributed by atoms with van der Waals surface area (Å²) in [6, 6.07) is 22.9. The zero-order valence-electron chi connectivity index (χ0n) is 16.2. The molecule has 1 aliphatic heterocycles. The van der Waals surface area contributed by atoms with Gasteiger partial charge in [0.2, 0.25) is 11.8 Å². The van der Waals surface area contributed by atoms with Gasteiger partial charge < -0.3 is 14.6 Å². The Balaban J connectivity index is 1.27. The van der Waals surface area contributed by atoms with Crippen LogP contribution < -0.4 is 10.2 Å². The molecule has 3 heterocycles. The van der Waals surface area contributed by atoms with E-state index in [0.717, 1.165) is 22.6 Å². The van der Waals surface area contributed by atoms with Gasteiger partial charge in [0.1, 0.15) is 5.65 Å². The molecular weight excluding hydrogens is 376 g/mol. The van der Waals surface area contributed by atoms with Gasteiger partial charge in [-0.1, -0.05) is 36.4 Å². The highest BCUT2D eigenvalue weighted by Gasteiger charge is 2.35. The number of amides is 2. The lowest BCUT2D eigenvalue weighted by Gasteiger charge is -2.16. The molecule has 6 heteroatoms. The second-order valence-electron chi connectivity index (χ2n) is 7.40. The fourth-order valence-corrected chi connectivity index (χ4v) is 3.78. The monoisotopic (exact) mass is 396 g/mol. The minimum atomic E-state index is -0.365. The zero-order valence-corrected chi connectivity index (χ0v) is 16.2. The van der Waals surface area contributed by atoms with Crippen molar-refractivity contribution in [3.05, 3.63) is 85.2 Å². The number of para-hydroxylation sites is 1. The fraction of sp³-hybridized carbons (Fsp3) is 0.125. The van der Waals surface area contributed by atoms with E-state index in [2.05, 4.69) is 10.3 Å². The molecule has 148 valence electrons. The van der Waals surface area contributed by atoms with E-state index in [-0.39, 0.29) is 24.2 Å². The van der Waals surface area contributed by atoms with Crippen LogP contribution in [0, 0.1) is 5.92 Å². The summed E-state index contributed by atoms with van der Waals surface area (Å²) in [5.41, 5.74) is 4.27. The molecule has 6 nitrogen and oxygen atoms in total. The van der Waals surface area contributed by atoms with Gasteiger partial charge in [-0.25, -0.2) is 4.98 Å². The Morgan fingerprint density at radius 3 is 2.50 bits per heavy atom. The first-order valence-corrected chi connectivity index (χ1v) is 9.88. The van der Waals surface area contributed by atoms with Crippen molar-refractivity contribution in [3.63, 3.8) is 0 Å². The Hall–Kier alpha value is -3.93. The average Bonchev–Trinajstić information content (AvgIpc) is 3.38. The van der Waals surface area contributed by atoms with Gasteiger partial charge in [-0.2, -0.15) is 0 Å². The van der Waals surface area contributed by atoms with Crippen LogP contribution in [0.3, 0.4) is 0 Å². The molecule has 0 aliphatic carbocycles. The number of aromatic nitrogens is 2. The standard InChI is InChI=1S/C24H20N4O2/c29-23-14-18(15-28(23)20-6-2-1-3-7-20)24(30)25-19-11-9-17(10-12-19)21-16-27-13-5-4-8-22(27)26-21/h1-13,16,18H,14-15H2,(H,25,30)/t18-/m0/s1. The van der Waals surface area contributed by atoms with Gasteiger partial charge in [0.15, 0.2) is 0 Å². The van der Waals surface area contributed by atoms with Crippen LogP contribution in [0.2, 0.25) is 0 Å². The molecule has 2 aromatic carbocycles. The molecular formula is C24H20N4O2. The highest BCUT2D eigenvalue weighted by Crippen LogP contribution is 2.26. The molecule has 5 rings (SSSR count). The number of carbonyl (C=O) groups is 2. The summed E-state index contributed by atoms with van der Waals surface area (Å²) in [6.45, 7) is 0.397. The van der Waals surface area contributed by atoms with Gasteiger partial charge in [-0.15, -0.1) is 0 Å². The Morgan fingerprint density at radius 1 is 0.967 bits per heavy atom. The molecule has 1 atom stereocenters. The van der Waals surface area contributed by atoms with Crippen LogP contribution in [-0.2, 0) is 9.59 Å². The molecule has 1 fully saturated rings. The number of anilines is 2. The van der Waals surface area contributed by atoms with Gasteiger partial charge in [0, 0.05) is 42.3 Å². The molecule has 0 unspecified atom stereocenters. The van der Waals surface area contributed by atoms with Crippen molar-refractivity contribution < 1.29 is 9.59 Å². The zero-order chi connectivity index (χ0) is 20.5. The van der Waals surface area contributed by atoms with Crippen molar-refractivity contribution in [1.29, 1.82) is 0 Å². The van der Waals surface area contributed by atoms with E-state index in [1.807, 2.05) is 89.6 Å². The van der Waals surface area contributed by atoms with E-state index >= 15 is 0 Å². The van der Waals surface area contributed by atoms with Crippen LogP contribution in [0.25, 0.3) is 16.9 Å². The van der Waals surface area contributed by atoms with Crippen molar-refractivity contribution in [2.75, 3.05) is 16.8 Å². The van der Waals surface area contributed by atoms with E-state index in [0.29, 0.717) is 12.2 Å². The number of nitrogens with zero attached hydrogens (tertiary/aromatic N) is 3. The van der Waals surface area contributed by atoms with E-state index in [9.17, 15) is 9.59 Å². The van der Waals surface area contributed by atoms with E-state index < -0.39 is 0 Å². The van der Waals surface area contributed by atoms with Crippen LogP contribution >= 0.6 is 0 Å². The van der Waals surface area contributed by atoms with E-state index in [4.69, 9.17) is 0 Å². The predicted octanol–water partition coefficient (Wildman–Crippen LogP) is 3.99. The molecule has 1 N–H and O–H groups in total. The first-order valence-electron chi connectivity index (χ1n) is 9.88. The molecule has 2 amide bonds. The Labute approximate surface area is 173 Å². The summed E-state index contributed by atoms with van der Waals surface area (Å²) < 4.78 is 1.97. The van der Waals surface area contributed by atoms with E-state index in [1.54, 1.807) is 4.90 Å². The molecule has 0 spiro atoms. The van der Waals surface area contributed by atoms with E-state index in [1.165, 1.54) is 0 Å². The van der Waals surface area contributed by atoms with Crippen molar-refractivity contribution in [3.8, 4) is 11.3 Å². The topological polar surface area (TPSA) is 66.7 Å². The number of pyridine rings is 1. The first-order chi connectivity index (χ1) is 14.7. The van der Waals surface area contributed by atoms with Gasteiger partial charge in [-0.3, -0.25) is 9.59 Å². The number of hydrogen-bond donors (Lipinski definition) is 1. The smallest absolute Gasteiger partial charge is 0.229 e. The summed E-state index contributed by atoms with van der Waals surface area (Å²) in [6.07, 6.45) is 4.16. The third-order valence-corrected chi connectivity index (χ3v) is 5.38. The lowest BCUT2D eigenvalue weighted by molar-refractivity contribution is -0.122. The number of carbonyl (C=O) groups excluding carboxylic acids is 2. The third-order valence-electron chi connectivity index (χ3n) is 5.38. The maximum atomic E-state index is 12.7. The van der Waals surface area contributed by atoms with Gasteiger partial charge in [-0.05, 0) is 36.4 Å². The minimum Gasteiger partial charge on any atom is -0.326 e. The highest BCUT2D eigenvalue weighted by molar-refractivity contribution is 6.03. The molecule has 0 radical (unpaired) electrons. The number of rotatable bonds is 4. The molecule has 4 aromatic rings. The summed E-state index contributed by atoms with van der Waals surface area (Å²) in [4.78, 5) is 31.4. The van der Waals surface area contributed by atoms with Gasteiger partial charge >= 0.3 is 0 Å². The normalized spacial score (nSPS) is 16.2. The van der Waals surface area contributed by atoms with Crippen LogP contribution in [-0.4, -0.2) is 27.7 Å². The van der Waals surface area contributed by atoms with Crippen LogP contribution in [0.5, 0.6) is 0 Å². The highest BCUT2D eigenvalue weighted by atomic mass is 16.2. The van der Waals surface area contributed by atoms with Gasteiger partial charge in [0.05, 0.1) is 11.6 Å². The Morgan fingerprint density at radius 2 is 1.73 bits per heavy atom. The molecule has 1 aliphatic rings. The molecule has 1 saturated heterocycles. The second kappa shape index (κ2) is 7.48. The number of fused-ring (bicyclic) bond motifs is 1. The summed E-state index contributed by atoms with van der Waals surface area (Å²) >= 11 is 0. The van der Waals surface area contributed by atoms with Crippen LogP contribution in [0.1, 0.15) is 6.42 Å². The minimum absolute atomic E-state index is 0.0245. The second-order valence-corrected chi connectivity index (χ2v) is 7.40. The first kappa shape index (κ1) is 18.1. The van der Waals surface area contributed by atoms with Crippen LogP contribution in [0.15, 0.2) is 85.2 Å².